The number of halogens is 1. The molecule has 102 valence electrons. The van der Waals surface area contributed by atoms with E-state index in [4.69, 9.17) is 16.6 Å². The summed E-state index contributed by atoms with van der Waals surface area (Å²) in [5.74, 6) is 1.33. The van der Waals surface area contributed by atoms with Gasteiger partial charge < -0.3 is 9.30 Å². The van der Waals surface area contributed by atoms with Crippen LogP contribution in [0.15, 0.2) is 48.7 Å². The van der Waals surface area contributed by atoms with E-state index in [2.05, 4.69) is 36.1 Å². The van der Waals surface area contributed by atoms with E-state index >= 15 is 0 Å². The number of anilines is 2. The first-order valence-corrected chi connectivity index (χ1v) is 7.06. The average Bonchev–Trinajstić information content (AvgIpc) is 2.85. The summed E-state index contributed by atoms with van der Waals surface area (Å²) in [5, 5.41) is 0. The van der Waals surface area contributed by atoms with Gasteiger partial charge in [0.15, 0.2) is 5.82 Å². The lowest BCUT2D eigenvalue weighted by atomic mass is 10.2. The van der Waals surface area contributed by atoms with Crippen LogP contribution in [0.4, 0.5) is 11.5 Å². The molecule has 3 nitrogen and oxygen atoms in total. The number of aryl methyl sites for hydroxylation is 1. The van der Waals surface area contributed by atoms with Crippen LogP contribution in [0.5, 0.6) is 0 Å². The zero-order valence-electron chi connectivity index (χ0n) is 11.5. The number of nitrogens with zero attached hydrogens (tertiary/aromatic N) is 3. The fourth-order valence-electron chi connectivity index (χ4n) is 2.39. The van der Waals surface area contributed by atoms with Gasteiger partial charge in [-0.2, -0.15) is 0 Å². The highest BCUT2D eigenvalue weighted by Gasteiger charge is 2.15. The first-order valence-electron chi connectivity index (χ1n) is 6.53. The Morgan fingerprint density at radius 1 is 1.20 bits per heavy atom. The second kappa shape index (κ2) is 5.17. The van der Waals surface area contributed by atoms with Crippen LogP contribution in [-0.4, -0.2) is 16.4 Å². The van der Waals surface area contributed by atoms with Gasteiger partial charge in [0.1, 0.15) is 5.65 Å². The van der Waals surface area contributed by atoms with Crippen molar-refractivity contribution in [2.75, 3.05) is 11.9 Å². The predicted octanol–water partition coefficient (Wildman–Crippen LogP) is 4.15. The van der Waals surface area contributed by atoms with Gasteiger partial charge >= 0.3 is 0 Å². The van der Waals surface area contributed by atoms with Crippen LogP contribution in [0, 0.1) is 6.92 Å². The van der Waals surface area contributed by atoms with Crippen molar-refractivity contribution in [3.05, 3.63) is 59.9 Å². The van der Waals surface area contributed by atoms with Gasteiger partial charge in [-0.15, -0.1) is 11.6 Å². The summed E-state index contributed by atoms with van der Waals surface area (Å²) < 4.78 is 2.04. The lowest BCUT2D eigenvalue weighted by molar-refractivity contribution is 1.06. The Kier molecular flexibility index (Phi) is 3.36. The van der Waals surface area contributed by atoms with Gasteiger partial charge in [-0.05, 0) is 36.8 Å². The molecule has 0 spiro atoms. The van der Waals surface area contributed by atoms with Crippen molar-refractivity contribution >= 4 is 28.8 Å². The number of aromatic nitrogens is 2. The van der Waals surface area contributed by atoms with Gasteiger partial charge in [0.25, 0.3) is 0 Å². The van der Waals surface area contributed by atoms with Crippen LogP contribution in [0.25, 0.3) is 5.65 Å². The standard InChI is InChI=1S/C16H16ClN3/c1-12-6-5-7-13(10-12)19(2)16-14(11-17)20-9-4-3-8-15(20)18-16/h3-10H,11H2,1-2H3. The Hall–Kier alpha value is -2.00. The van der Waals surface area contributed by atoms with Gasteiger partial charge in [0.2, 0.25) is 0 Å². The first-order chi connectivity index (χ1) is 9.70. The van der Waals surface area contributed by atoms with Crippen LogP contribution in [-0.2, 0) is 5.88 Å². The minimum absolute atomic E-state index is 0.427. The Labute approximate surface area is 123 Å². The SMILES string of the molecule is Cc1cccc(N(C)c2nc3ccccn3c2CCl)c1. The van der Waals surface area contributed by atoms with E-state index in [9.17, 15) is 0 Å². The monoisotopic (exact) mass is 285 g/mol. The number of hydrogen-bond acceptors (Lipinski definition) is 2. The van der Waals surface area contributed by atoms with Gasteiger partial charge in [0.05, 0.1) is 11.6 Å². The summed E-state index contributed by atoms with van der Waals surface area (Å²) in [5.41, 5.74) is 4.26. The lowest BCUT2D eigenvalue weighted by Crippen LogP contribution is -2.12. The van der Waals surface area contributed by atoms with E-state index < -0.39 is 0 Å². The molecule has 0 saturated heterocycles. The molecule has 0 aliphatic rings. The van der Waals surface area contributed by atoms with Gasteiger partial charge in [0, 0.05) is 18.9 Å². The molecule has 0 N–H and O–H groups in total. The van der Waals surface area contributed by atoms with E-state index in [1.807, 2.05) is 35.8 Å². The quantitative estimate of drug-likeness (QED) is 0.674. The molecule has 0 aliphatic carbocycles. The van der Waals surface area contributed by atoms with E-state index in [1.165, 1.54) is 5.56 Å². The first kappa shape index (κ1) is 13.0. The molecule has 0 amide bonds. The van der Waals surface area contributed by atoms with Crippen molar-refractivity contribution in [1.82, 2.24) is 9.38 Å². The number of hydrogen-bond donors (Lipinski definition) is 0. The third kappa shape index (κ3) is 2.14. The number of alkyl halides is 1. The smallest absolute Gasteiger partial charge is 0.156 e. The Morgan fingerprint density at radius 3 is 2.80 bits per heavy atom. The molecule has 3 rings (SSSR count). The molecule has 0 fully saturated rings. The zero-order valence-corrected chi connectivity index (χ0v) is 12.3. The number of benzene rings is 1. The van der Waals surface area contributed by atoms with Crippen molar-refractivity contribution < 1.29 is 0 Å². The summed E-state index contributed by atoms with van der Waals surface area (Å²) >= 11 is 6.13. The third-order valence-corrected chi connectivity index (χ3v) is 3.69. The molecule has 0 radical (unpaired) electrons. The molecule has 2 aromatic heterocycles. The maximum absolute atomic E-state index is 6.13. The Balaban J connectivity index is 2.14. The highest BCUT2D eigenvalue weighted by atomic mass is 35.5. The molecule has 0 aliphatic heterocycles. The Morgan fingerprint density at radius 2 is 2.05 bits per heavy atom. The van der Waals surface area contributed by atoms with Gasteiger partial charge in [-0.3, -0.25) is 0 Å². The molecule has 1 aromatic carbocycles. The predicted molar refractivity (Wildman–Crippen MR) is 84.0 cm³/mol. The number of rotatable bonds is 3. The van der Waals surface area contributed by atoms with Crippen LogP contribution in [0.1, 0.15) is 11.3 Å². The maximum atomic E-state index is 6.13. The minimum Gasteiger partial charge on any atom is -0.328 e. The molecule has 20 heavy (non-hydrogen) atoms. The van der Waals surface area contributed by atoms with E-state index in [0.717, 1.165) is 22.8 Å². The molecule has 3 aromatic rings. The molecule has 0 saturated carbocycles. The molecule has 0 bridgehead atoms. The molecule has 2 heterocycles. The van der Waals surface area contributed by atoms with Crippen molar-refractivity contribution in [3.8, 4) is 0 Å². The van der Waals surface area contributed by atoms with Gasteiger partial charge in [-0.1, -0.05) is 18.2 Å². The highest BCUT2D eigenvalue weighted by Crippen LogP contribution is 2.28. The number of fused-ring (bicyclic) bond motifs is 1. The molecular formula is C16H16ClN3. The van der Waals surface area contributed by atoms with E-state index in [1.54, 1.807) is 0 Å². The van der Waals surface area contributed by atoms with Crippen LogP contribution in [0.2, 0.25) is 0 Å². The molecule has 0 unspecified atom stereocenters. The summed E-state index contributed by atoms with van der Waals surface area (Å²) in [4.78, 5) is 6.77. The summed E-state index contributed by atoms with van der Waals surface area (Å²) in [6.07, 6.45) is 1.99. The fourth-order valence-corrected chi connectivity index (χ4v) is 2.63. The van der Waals surface area contributed by atoms with Gasteiger partial charge in [-0.25, -0.2) is 4.98 Å². The van der Waals surface area contributed by atoms with E-state index in [-0.39, 0.29) is 0 Å². The Bertz CT molecular complexity index is 748. The topological polar surface area (TPSA) is 20.5 Å². The van der Waals surface area contributed by atoms with Crippen LogP contribution < -0.4 is 4.90 Å². The number of imidazole rings is 1. The van der Waals surface area contributed by atoms with Crippen LogP contribution >= 0.6 is 11.6 Å². The van der Waals surface area contributed by atoms with Crippen molar-refractivity contribution in [2.45, 2.75) is 12.8 Å². The molecule has 0 atom stereocenters. The molecule has 4 heteroatoms. The third-order valence-electron chi connectivity index (χ3n) is 3.44. The second-order valence-electron chi connectivity index (χ2n) is 4.84. The lowest BCUT2D eigenvalue weighted by Gasteiger charge is -2.18. The zero-order chi connectivity index (χ0) is 14.1. The normalized spacial score (nSPS) is 10.9. The van der Waals surface area contributed by atoms with E-state index in [0.29, 0.717) is 5.88 Å². The minimum atomic E-state index is 0.427. The summed E-state index contributed by atoms with van der Waals surface area (Å²) in [7, 11) is 2.02. The summed E-state index contributed by atoms with van der Waals surface area (Å²) in [6, 6.07) is 14.3. The fraction of sp³-hybridized carbons (Fsp3) is 0.188. The largest absolute Gasteiger partial charge is 0.328 e. The maximum Gasteiger partial charge on any atom is 0.156 e. The number of pyridine rings is 1. The van der Waals surface area contributed by atoms with Crippen molar-refractivity contribution in [3.63, 3.8) is 0 Å². The highest BCUT2D eigenvalue weighted by molar-refractivity contribution is 6.17. The second-order valence-corrected chi connectivity index (χ2v) is 5.11. The van der Waals surface area contributed by atoms with Crippen molar-refractivity contribution in [2.24, 2.45) is 0 Å². The molecular weight excluding hydrogens is 270 g/mol. The average molecular weight is 286 g/mol. The van der Waals surface area contributed by atoms with Crippen molar-refractivity contribution in [1.29, 1.82) is 0 Å². The summed E-state index contributed by atoms with van der Waals surface area (Å²) in [6.45, 7) is 2.09. The van der Waals surface area contributed by atoms with Crippen LogP contribution in [0.3, 0.4) is 0 Å².